The third-order valence-corrected chi connectivity index (χ3v) is 3.48. The molecule has 4 N–H and O–H groups in total. The molecule has 0 atom stereocenters. The van der Waals surface area contributed by atoms with E-state index in [-0.39, 0.29) is 5.91 Å². The van der Waals surface area contributed by atoms with E-state index in [2.05, 4.69) is 15.5 Å². The van der Waals surface area contributed by atoms with Gasteiger partial charge in [-0.1, -0.05) is 0 Å². The van der Waals surface area contributed by atoms with Crippen molar-refractivity contribution in [1.82, 2.24) is 5.32 Å². The van der Waals surface area contributed by atoms with E-state index in [1.807, 2.05) is 26.2 Å². The van der Waals surface area contributed by atoms with E-state index in [9.17, 15) is 4.79 Å². The van der Waals surface area contributed by atoms with Crippen LogP contribution < -0.4 is 21.3 Å². The average Bonchev–Trinajstić information content (AvgIpc) is 2.38. The molecule has 5 nitrogen and oxygen atoms in total. The maximum atomic E-state index is 11.4. The van der Waals surface area contributed by atoms with Crippen molar-refractivity contribution in [3.8, 4) is 0 Å². The highest BCUT2D eigenvalue weighted by molar-refractivity contribution is 5.95. The average molecular weight is 262 g/mol. The highest BCUT2D eigenvalue weighted by Gasteiger charge is 2.17. The number of carbonyl (C=O) groups excluding carboxylic acids is 1. The zero-order valence-electron chi connectivity index (χ0n) is 11.6. The molecule has 1 aliphatic heterocycles. The van der Waals surface area contributed by atoms with Crippen LogP contribution in [0.5, 0.6) is 0 Å². The Morgan fingerprint density at radius 1 is 1.42 bits per heavy atom. The Labute approximate surface area is 114 Å². The molecule has 5 heteroatoms. The quantitative estimate of drug-likeness (QED) is 0.551. The first kappa shape index (κ1) is 13.7. The highest BCUT2D eigenvalue weighted by Crippen LogP contribution is 2.32. The Bertz CT molecular complexity index is 473. The molecule has 0 saturated heterocycles. The number of nitrogens with zero attached hydrogens (tertiary/aromatic N) is 1. The lowest BCUT2D eigenvalue weighted by molar-refractivity contribution is -0.116. The summed E-state index contributed by atoms with van der Waals surface area (Å²) in [5.74, 6) is 0.0843. The molecule has 0 radical (unpaired) electrons. The fourth-order valence-corrected chi connectivity index (χ4v) is 2.38. The maximum Gasteiger partial charge on any atom is 0.224 e. The lowest BCUT2D eigenvalue weighted by Crippen LogP contribution is -2.24. The minimum atomic E-state index is 0.0843. The standard InChI is InChI=1S/C14H22N4O/c1-16-6-3-7-18(2)13-9-12-10(8-11(13)15)4-5-14(19)17-12/h8-9,16H,3-7,15H2,1-2H3,(H,17,19). The summed E-state index contributed by atoms with van der Waals surface area (Å²) in [7, 11) is 3.97. The van der Waals surface area contributed by atoms with Gasteiger partial charge in [-0.05, 0) is 44.1 Å². The summed E-state index contributed by atoms with van der Waals surface area (Å²) < 4.78 is 0. The van der Waals surface area contributed by atoms with Crippen molar-refractivity contribution in [3.05, 3.63) is 17.7 Å². The normalized spacial score (nSPS) is 13.9. The summed E-state index contributed by atoms with van der Waals surface area (Å²) in [6.07, 6.45) is 2.37. The zero-order chi connectivity index (χ0) is 13.8. The smallest absolute Gasteiger partial charge is 0.224 e. The van der Waals surface area contributed by atoms with Crippen molar-refractivity contribution < 1.29 is 4.79 Å². The number of hydrogen-bond donors (Lipinski definition) is 3. The Morgan fingerprint density at radius 3 is 2.95 bits per heavy atom. The van der Waals surface area contributed by atoms with E-state index >= 15 is 0 Å². The summed E-state index contributed by atoms with van der Waals surface area (Å²) in [5, 5.41) is 6.05. The van der Waals surface area contributed by atoms with Crippen LogP contribution in [0.4, 0.5) is 17.1 Å². The first-order chi connectivity index (χ1) is 9.11. The molecular formula is C14H22N4O. The lowest BCUT2D eigenvalue weighted by atomic mass is 10.0. The molecule has 1 amide bonds. The molecule has 2 rings (SSSR count). The van der Waals surface area contributed by atoms with Gasteiger partial charge in [-0.25, -0.2) is 0 Å². The van der Waals surface area contributed by atoms with Gasteiger partial charge in [0.1, 0.15) is 0 Å². The molecule has 1 aliphatic rings. The second-order valence-electron chi connectivity index (χ2n) is 5.00. The molecule has 0 aliphatic carbocycles. The summed E-state index contributed by atoms with van der Waals surface area (Å²) in [4.78, 5) is 13.6. The van der Waals surface area contributed by atoms with E-state index in [0.717, 1.165) is 48.6 Å². The van der Waals surface area contributed by atoms with Crippen LogP contribution in [-0.4, -0.2) is 33.1 Å². The summed E-state index contributed by atoms with van der Waals surface area (Å²) in [6, 6.07) is 3.97. The maximum absolute atomic E-state index is 11.4. The topological polar surface area (TPSA) is 70.4 Å². The molecule has 1 heterocycles. The van der Waals surface area contributed by atoms with Crippen molar-refractivity contribution in [2.24, 2.45) is 0 Å². The fourth-order valence-electron chi connectivity index (χ4n) is 2.38. The van der Waals surface area contributed by atoms with Gasteiger partial charge in [0.2, 0.25) is 5.91 Å². The largest absolute Gasteiger partial charge is 0.397 e. The SMILES string of the molecule is CNCCCN(C)c1cc2c(cc1N)CCC(=O)N2. The summed E-state index contributed by atoms with van der Waals surface area (Å²) in [6.45, 7) is 1.91. The van der Waals surface area contributed by atoms with E-state index in [1.54, 1.807) is 0 Å². The van der Waals surface area contributed by atoms with Gasteiger partial charge in [0, 0.05) is 25.7 Å². The Morgan fingerprint density at radius 2 is 2.21 bits per heavy atom. The first-order valence-corrected chi connectivity index (χ1v) is 6.70. The van der Waals surface area contributed by atoms with Crippen molar-refractivity contribution >= 4 is 23.0 Å². The number of hydrogen-bond acceptors (Lipinski definition) is 4. The van der Waals surface area contributed by atoms with Gasteiger partial charge in [-0.2, -0.15) is 0 Å². The Balaban J connectivity index is 2.16. The number of amides is 1. The molecule has 0 bridgehead atoms. The van der Waals surface area contributed by atoms with Crippen molar-refractivity contribution in [1.29, 1.82) is 0 Å². The lowest BCUT2D eigenvalue weighted by Gasteiger charge is -2.25. The minimum absolute atomic E-state index is 0.0843. The third kappa shape index (κ3) is 3.17. The van der Waals surface area contributed by atoms with Gasteiger partial charge >= 0.3 is 0 Å². The van der Waals surface area contributed by atoms with Crippen LogP contribution in [0.2, 0.25) is 0 Å². The molecule has 0 saturated carbocycles. The molecule has 1 aromatic carbocycles. The molecule has 1 aromatic rings. The summed E-state index contributed by atoms with van der Waals surface area (Å²) in [5.41, 5.74) is 9.91. The Kier molecular flexibility index (Phi) is 4.27. The zero-order valence-corrected chi connectivity index (χ0v) is 11.6. The van der Waals surface area contributed by atoms with Gasteiger partial charge in [0.05, 0.1) is 11.4 Å². The number of nitrogens with two attached hydrogens (primary N) is 1. The van der Waals surface area contributed by atoms with E-state index in [4.69, 9.17) is 5.73 Å². The fraction of sp³-hybridized carbons (Fsp3) is 0.500. The molecule has 104 valence electrons. The van der Waals surface area contributed by atoms with Crippen molar-refractivity contribution in [3.63, 3.8) is 0 Å². The van der Waals surface area contributed by atoms with Crippen LogP contribution in [0, 0.1) is 0 Å². The second kappa shape index (κ2) is 5.93. The number of anilines is 3. The van der Waals surface area contributed by atoms with Gasteiger partial charge in [0.15, 0.2) is 0 Å². The van der Waals surface area contributed by atoms with Gasteiger partial charge < -0.3 is 21.3 Å². The number of rotatable bonds is 5. The van der Waals surface area contributed by atoms with Gasteiger partial charge in [-0.3, -0.25) is 4.79 Å². The van der Waals surface area contributed by atoms with Crippen LogP contribution in [0.15, 0.2) is 12.1 Å². The highest BCUT2D eigenvalue weighted by atomic mass is 16.1. The molecular weight excluding hydrogens is 240 g/mol. The molecule has 0 aromatic heterocycles. The van der Waals surface area contributed by atoms with E-state index < -0.39 is 0 Å². The van der Waals surface area contributed by atoms with Crippen molar-refractivity contribution in [2.75, 3.05) is 43.1 Å². The molecule has 19 heavy (non-hydrogen) atoms. The molecule has 0 spiro atoms. The van der Waals surface area contributed by atoms with Crippen LogP contribution >= 0.6 is 0 Å². The first-order valence-electron chi connectivity index (χ1n) is 6.70. The predicted molar refractivity (Wildman–Crippen MR) is 79.6 cm³/mol. The number of benzene rings is 1. The minimum Gasteiger partial charge on any atom is -0.397 e. The van der Waals surface area contributed by atoms with Crippen LogP contribution in [-0.2, 0) is 11.2 Å². The van der Waals surface area contributed by atoms with E-state index in [1.165, 1.54) is 0 Å². The predicted octanol–water partition coefficient (Wildman–Crippen LogP) is 1.20. The molecule has 0 unspecified atom stereocenters. The third-order valence-electron chi connectivity index (χ3n) is 3.48. The Hall–Kier alpha value is -1.75. The van der Waals surface area contributed by atoms with Crippen LogP contribution in [0.1, 0.15) is 18.4 Å². The summed E-state index contributed by atoms with van der Waals surface area (Å²) >= 11 is 0. The van der Waals surface area contributed by atoms with Gasteiger partial charge in [0.25, 0.3) is 0 Å². The van der Waals surface area contributed by atoms with Crippen molar-refractivity contribution in [2.45, 2.75) is 19.3 Å². The van der Waals surface area contributed by atoms with E-state index in [0.29, 0.717) is 6.42 Å². The number of nitrogens with one attached hydrogen (secondary N) is 2. The van der Waals surface area contributed by atoms with Crippen LogP contribution in [0.25, 0.3) is 0 Å². The number of carbonyl (C=O) groups is 1. The second-order valence-corrected chi connectivity index (χ2v) is 5.00. The monoisotopic (exact) mass is 262 g/mol. The van der Waals surface area contributed by atoms with Crippen LogP contribution in [0.3, 0.4) is 0 Å². The number of aryl methyl sites for hydroxylation is 1. The number of fused-ring (bicyclic) bond motifs is 1. The van der Waals surface area contributed by atoms with Gasteiger partial charge in [-0.15, -0.1) is 0 Å². The molecule has 0 fully saturated rings. The number of nitrogen functional groups attached to an aromatic ring is 1.